The molecule has 0 saturated heterocycles. The summed E-state index contributed by atoms with van der Waals surface area (Å²) in [6.45, 7) is 0. The van der Waals surface area contributed by atoms with E-state index in [1.165, 1.54) is 60.3 Å². The summed E-state index contributed by atoms with van der Waals surface area (Å²) < 4.78 is 12.7. The Morgan fingerprint density at radius 1 is 0.247 bits per heavy atom. The normalized spacial score (nSPS) is 12.8. The Hall–Kier alpha value is -10.2. The molecule has 1 aliphatic rings. The van der Waals surface area contributed by atoms with E-state index in [2.05, 4.69) is 265 Å². The van der Waals surface area contributed by atoms with Crippen LogP contribution < -0.4 is 9.80 Å². The third-order valence-electron chi connectivity index (χ3n) is 16.2. The Morgan fingerprint density at radius 2 is 0.662 bits per heavy atom. The number of anilines is 6. The van der Waals surface area contributed by atoms with Gasteiger partial charge in [-0.15, -0.1) is 0 Å². The van der Waals surface area contributed by atoms with Crippen molar-refractivity contribution >= 4 is 110 Å². The summed E-state index contributed by atoms with van der Waals surface area (Å²) in [5, 5.41) is 11.6. The highest BCUT2D eigenvalue weighted by molar-refractivity contribution is 6.21. The van der Waals surface area contributed by atoms with Crippen LogP contribution in [0, 0.1) is 0 Å². The molecule has 0 atom stereocenters. The van der Waals surface area contributed by atoms with Gasteiger partial charge in [0, 0.05) is 55.7 Å². The fourth-order valence-electron chi connectivity index (χ4n) is 13.1. The van der Waals surface area contributed by atoms with Crippen molar-refractivity contribution in [1.82, 2.24) is 0 Å². The average molecular weight is 983 g/mol. The highest BCUT2D eigenvalue weighted by atomic mass is 16.3. The van der Waals surface area contributed by atoms with Crippen LogP contribution in [0.1, 0.15) is 22.3 Å². The van der Waals surface area contributed by atoms with Crippen molar-refractivity contribution in [3.63, 3.8) is 0 Å². The molecule has 15 aromatic rings. The number of para-hydroxylation sites is 4. The maximum Gasteiger partial charge on any atom is 0.135 e. The van der Waals surface area contributed by atoms with Gasteiger partial charge in [-0.2, -0.15) is 0 Å². The van der Waals surface area contributed by atoms with E-state index >= 15 is 0 Å². The summed E-state index contributed by atoms with van der Waals surface area (Å²) in [7, 11) is 0. The summed E-state index contributed by atoms with van der Waals surface area (Å²) in [5.41, 5.74) is 16.8. The first kappa shape index (κ1) is 43.3. The van der Waals surface area contributed by atoms with Crippen molar-refractivity contribution in [2.24, 2.45) is 0 Å². The van der Waals surface area contributed by atoms with Gasteiger partial charge in [0.2, 0.25) is 0 Å². The average Bonchev–Trinajstić information content (AvgIpc) is 3.70. The van der Waals surface area contributed by atoms with E-state index in [0.29, 0.717) is 0 Å². The van der Waals surface area contributed by atoms with Gasteiger partial charge in [0.25, 0.3) is 0 Å². The van der Waals surface area contributed by atoms with Crippen molar-refractivity contribution in [1.29, 1.82) is 0 Å². The molecule has 16 rings (SSSR count). The van der Waals surface area contributed by atoms with Crippen LogP contribution in [0.2, 0.25) is 0 Å². The molecular weight excluding hydrogens is 937 g/mol. The lowest BCUT2D eigenvalue weighted by Gasteiger charge is -2.36. The Kier molecular flexibility index (Phi) is 9.52. The third kappa shape index (κ3) is 6.46. The van der Waals surface area contributed by atoms with E-state index in [4.69, 9.17) is 8.83 Å². The maximum absolute atomic E-state index is 6.34. The van der Waals surface area contributed by atoms with Crippen LogP contribution in [0.15, 0.2) is 288 Å². The predicted molar refractivity (Wildman–Crippen MR) is 320 cm³/mol. The van der Waals surface area contributed by atoms with E-state index in [-0.39, 0.29) is 0 Å². The molecule has 0 spiro atoms. The molecule has 77 heavy (non-hydrogen) atoms. The Balaban J connectivity index is 0.954. The van der Waals surface area contributed by atoms with Gasteiger partial charge in [-0.25, -0.2) is 0 Å². The first-order chi connectivity index (χ1) is 38.2. The monoisotopic (exact) mass is 982 g/mol. The standard InChI is InChI=1S/C73H46N2O2/c1-5-19-48(20-6-1)73(49-21-7-2-8-22-49)71-56-39-34-52(74(50-23-9-3-10-24-50)54-36-41-68-64(45-54)58-28-15-17-31-66(58)76-68)43-47(56)33-38-62(71)70-60-30-14-13-27-57(60)63-44-53(35-40-61(63)72(70)73)75(51-25-11-4-12-26-51)55-37-42-69-65(46-55)59-29-16-18-32-67(59)77-69/h1-46H. The van der Waals surface area contributed by atoms with E-state index in [9.17, 15) is 0 Å². The van der Waals surface area contributed by atoms with Crippen LogP contribution >= 0.6 is 0 Å². The van der Waals surface area contributed by atoms with Crippen molar-refractivity contribution in [3.05, 3.63) is 301 Å². The molecule has 0 fully saturated rings. The van der Waals surface area contributed by atoms with Gasteiger partial charge in [-0.05, 0) is 163 Å². The maximum atomic E-state index is 6.34. The number of benzene rings is 13. The second kappa shape index (κ2) is 16.9. The van der Waals surface area contributed by atoms with Crippen molar-refractivity contribution in [3.8, 4) is 11.1 Å². The molecule has 2 aromatic heterocycles. The SMILES string of the molecule is c1ccc(N(c2ccc3c4c(ccc3c2)-c2c(c3ccc(N(c5ccccc5)c5ccc6oc7ccccc7c6c5)cc3c3ccccc23)C4(c2ccccc2)c2ccccc2)c2ccc3oc4ccccc4c3c2)cc1. The number of hydrogen-bond donors (Lipinski definition) is 0. The Labute approximate surface area is 444 Å². The van der Waals surface area contributed by atoms with E-state index in [1.807, 2.05) is 24.3 Å². The van der Waals surface area contributed by atoms with Crippen LogP contribution in [-0.2, 0) is 5.41 Å². The summed E-state index contributed by atoms with van der Waals surface area (Å²) in [6, 6.07) is 102. The number of fused-ring (bicyclic) bond motifs is 16. The largest absolute Gasteiger partial charge is 0.456 e. The number of furan rings is 2. The zero-order valence-corrected chi connectivity index (χ0v) is 41.8. The minimum absolute atomic E-state index is 0.711. The summed E-state index contributed by atoms with van der Waals surface area (Å²) >= 11 is 0. The predicted octanol–water partition coefficient (Wildman–Crippen LogP) is 20.2. The highest BCUT2D eigenvalue weighted by Crippen LogP contribution is 2.62. The lowest BCUT2D eigenvalue weighted by atomic mass is 9.65. The smallest absolute Gasteiger partial charge is 0.135 e. The molecule has 0 N–H and O–H groups in total. The van der Waals surface area contributed by atoms with Crippen LogP contribution in [0.3, 0.4) is 0 Å². The fraction of sp³-hybridized carbons (Fsp3) is 0.0137. The minimum Gasteiger partial charge on any atom is -0.456 e. The van der Waals surface area contributed by atoms with Gasteiger partial charge in [-0.1, -0.05) is 182 Å². The quantitative estimate of drug-likeness (QED) is 0.142. The molecule has 2 heterocycles. The first-order valence-electron chi connectivity index (χ1n) is 26.4. The fourth-order valence-corrected chi connectivity index (χ4v) is 13.1. The molecule has 4 heteroatoms. The zero-order chi connectivity index (χ0) is 50.6. The molecule has 0 amide bonds. The van der Waals surface area contributed by atoms with Crippen LogP contribution in [-0.4, -0.2) is 0 Å². The number of hydrogen-bond acceptors (Lipinski definition) is 4. The summed E-state index contributed by atoms with van der Waals surface area (Å²) in [6.07, 6.45) is 0. The molecule has 0 bridgehead atoms. The first-order valence-corrected chi connectivity index (χ1v) is 26.4. The molecule has 360 valence electrons. The second-order valence-electron chi connectivity index (χ2n) is 20.3. The summed E-state index contributed by atoms with van der Waals surface area (Å²) in [4.78, 5) is 4.76. The molecule has 0 saturated carbocycles. The molecule has 1 aliphatic carbocycles. The Bertz CT molecular complexity index is 4770. The van der Waals surface area contributed by atoms with Gasteiger partial charge in [0.05, 0.1) is 5.41 Å². The summed E-state index contributed by atoms with van der Waals surface area (Å²) in [5.74, 6) is 0. The van der Waals surface area contributed by atoms with Crippen molar-refractivity contribution < 1.29 is 8.83 Å². The zero-order valence-electron chi connectivity index (χ0n) is 41.8. The highest BCUT2D eigenvalue weighted by Gasteiger charge is 2.49. The molecule has 0 aliphatic heterocycles. The topological polar surface area (TPSA) is 32.8 Å². The Morgan fingerprint density at radius 3 is 1.21 bits per heavy atom. The van der Waals surface area contributed by atoms with Gasteiger partial charge in [0.15, 0.2) is 0 Å². The van der Waals surface area contributed by atoms with Gasteiger partial charge in [-0.3, -0.25) is 0 Å². The minimum atomic E-state index is -0.711. The van der Waals surface area contributed by atoms with Gasteiger partial charge in [0.1, 0.15) is 22.3 Å². The molecule has 0 radical (unpaired) electrons. The van der Waals surface area contributed by atoms with Crippen LogP contribution in [0.5, 0.6) is 0 Å². The van der Waals surface area contributed by atoms with Gasteiger partial charge < -0.3 is 18.6 Å². The number of rotatable bonds is 8. The third-order valence-corrected chi connectivity index (χ3v) is 16.2. The molecule has 0 unspecified atom stereocenters. The van der Waals surface area contributed by atoms with Crippen LogP contribution in [0.25, 0.3) is 87.3 Å². The second-order valence-corrected chi connectivity index (χ2v) is 20.3. The lowest BCUT2D eigenvalue weighted by Crippen LogP contribution is -2.29. The molecular formula is C73H46N2O2. The van der Waals surface area contributed by atoms with Crippen molar-refractivity contribution in [2.75, 3.05) is 9.80 Å². The van der Waals surface area contributed by atoms with Gasteiger partial charge >= 0.3 is 0 Å². The molecule has 4 nitrogen and oxygen atoms in total. The lowest BCUT2D eigenvalue weighted by molar-refractivity contribution is 0.668. The van der Waals surface area contributed by atoms with E-state index in [0.717, 1.165) is 83.4 Å². The number of nitrogens with zero attached hydrogens (tertiary/aromatic N) is 2. The van der Waals surface area contributed by atoms with E-state index < -0.39 is 5.41 Å². The molecule has 13 aromatic carbocycles. The van der Waals surface area contributed by atoms with Crippen LogP contribution in [0.4, 0.5) is 34.1 Å². The van der Waals surface area contributed by atoms with Crippen molar-refractivity contribution in [2.45, 2.75) is 5.41 Å². The van der Waals surface area contributed by atoms with E-state index in [1.54, 1.807) is 0 Å².